The zero-order valence-corrected chi connectivity index (χ0v) is 15.4. The van der Waals surface area contributed by atoms with Crippen LogP contribution in [0.25, 0.3) is 0 Å². The Morgan fingerprint density at radius 3 is 2.50 bits per heavy atom. The van der Waals surface area contributed by atoms with Crippen LogP contribution in [-0.2, 0) is 6.54 Å². The van der Waals surface area contributed by atoms with E-state index >= 15 is 0 Å². The Hall–Kier alpha value is -2.20. The third-order valence-corrected chi connectivity index (χ3v) is 3.23. The SMILES string of the molecule is Cc1ccc(CNC(=O)c2cccc(N)c2)c(OC(C)(C)C)c1.Cl. The van der Waals surface area contributed by atoms with Crippen LogP contribution in [0.4, 0.5) is 5.69 Å². The molecule has 4 nitrogen and oxygen atoms in total. The Bertz CT molecular complexity index is 709. The maximum atomic E-state index is 12.2. The highest BCUT2D eigenvalue weighted by Gasteiger charge is 2.15. The van der Waals surface area contributed by atoms with Gasteiger partial charge in [-0.05, 0) is 57.5 Å². The monoisotopic (exact) mass is 348 g/mol. The number of amides is 1. The number of benzene rings is 2. The summed E-state index contributed by atoms with van der Waals surface area (Å²) in [6.07, 6.45) is 0. The lowest BCUT2D eigenvalue weighted by Crippen LogP contribution is -2.26. The van der Waals surface area contributed by atoms with Gasteiger partial charge in [-0.15, -0.1) is 12.4 Å². The number of nitrogens with one attached hydrogen (secondary N) is 1. The van der Waals surface area contributed by atoms with Crippen molar-refractivity contribution >= 4 is 24.0 Å². The van der Waals surface area contributed by atoms with Gasteiger partial charge in [-0.25, -0.2) is 0 Å². The Balaban J connectivity index is 0.00000288. The van der Waals surface area contributed by atoms with E-state index in [0.717, 1.165) is 16.9 Å². The molecular formula is C19H25ClN2O2. The molecule has 0 spiro atoms. The number of carbonyl (C=O) groups is 1. The van der Waals surface area contributed by atoms with Gasteiger partial charge >= 0.3 is 0 Å². The lowest BCUT2D eigenvalue weighted by Gasteiger charge is -2.23. The van der Waals surface area contributed by atoms with Crippen molar-refractivity contribution in [1.29, 1.82) is 0 Å². The molecule has 0 bridgehead atoms. The van der Waals surface area contributed by atoms with Crippen molar-refractivity contribution in [3.63, 3.8) is 0 Å². The predicted octanol–water partition coefficient (Wildman–Crippen LogP) is 4.11. The van der Waals surface area contributed by atoms with Crippen LogP contribution in [0.5, 0.6) is 5.75 Å². The molecule has 0 saturated heterocycles. The van der Waals surface area contributed by atoms with E-state index in [9.17, 15) is 4.79 Å². The summed E-state index contributed by atoms with van der Waals surface area (Å²) in [5.41, 5.74) is 8.62. The van der Waals surface area contributed by atoms with Gasteiger partial charge in [0.1, 0.15) is 11.4 Å². The number of ether oxygens (including phenoxy) is 1. The van der Waals surface area contributed by atoms with Gasteiger partial charge in [-0.1, -0.05) is 18.2 Å². The summed E-state index contributed by atoms with van der Waals surface area (Å²) in [4.78, 5) is 12.2. The molecular weight excluding hydrogens is 324 g/mol. The van der Waals surface area contributed by atoms with Gasteiger partial charge in [0, 0.05) is 23.4 Å². The number of nitrogens with two attached hydrogens (primary N) is 1. The molecule has 3 N–H and O–H groups in total. The average Bonchev–Trinajstić information content (AvgIpc) is 2.44. The average molecular weight is 349 g/mol. The van der Waals surface area contributed by atoms with Gasteiger partial charge in [0.25, 0.3) is 5.91 Å². The molecule has 0 saturated carbocycles. The molecule has 0 aliphatic carbocycles. The maximum absolute atomic E-state index is 12.2. The molecule has 2 aromatic carbocycles. The van der Waals surface area contributed by atoms with Crippen LogP contribution >= 0.6 is 12.4 Å². The number of rotatable bonds is 4. The number of halogens is 1. The quantitative estimate of drug-likeness (QED) is 0.817. The number of hydrogen-bond acceptors (Lipinski definition) is 3. The van der Waals surface area contributed by atoms with E-state index in [0.29, 0.717) is 17.8 Å². The first-order chi connectivity index (χ1) is 10.7. The molecule has 0 atom stereocenters. The summed E-state index contributed by atoms with van der Waals surface area (Å²) in [7, 11) is 0. The molecule has 1 amide bonds. The van der Waals surface area contributed by atoms with Crippen molar-refractivity contribution in [1.82, 2.24) is 5.32 Å². The van der Waals surface area contributed by atoms with Gasteiger partial charge in [0.2, 0.25) is 0 Å². The van der Waals surface area contributed by atoms with Gasteiger partial charge in [0.15, 0.2) is 0 Å². The first kappa shape index (κ1) is 19.8. The van der Waals surface area contributed by atoms with E-state index in [1.807, 2.05) is 45.9 Å². The van der Waals surface area contributed by atoms with Crippen LogP contribution < -0.4 is 15.8 Å². The second-order valence-corrected chi connectivity index (χ2v) is 6.63. The van der Waals surface area contributed by atoms with Crippen LogP contribution in [-0.4, -0.2) is 11.5 Å². The fraction of sp³-hybridized carbons (Fsp3) is 0.316. The van der Waals surface area contributed by atoms with Crippen molar-refractivity contribution in [2.75, 3.05) is 5.73 Å². The van der Waals surface area contributed by atoms with Crippen molar-refractivity contribution in [2.45, 2.75) is 39.8 Å². The molecule has 0 radical (unpaired) electrons. The first-order valence-electron chi connectivity index (χ1n) is 7.67. The Kier molecular flexibility index (Phi) is 6.67. The van der Waals surface area contributed by atoms with E-state index < -0.39 is 0 Å². The number of carbonyl (C=O) groups excluding carboxylic acids is 1. The topological polar surface area (TPSA) is 64.4 Å². The minimum atomic E-state index is -0.291. The normalized spacial score (nSPS) is 10.7. The van der Waals surface area contributed by atoms with Crippen molar-refractivity contribution in [3.05, 3.63) is 59.2 Å². The fourth-order valence-corrected chi connectivity index (χ4v) is 2.19. The highest BCUT2D eigenvalue weighted by molar-refractivity contribution is 5.94. The Morgan fingerprint density at radius 2 is 1.88 bits per heavy atom. The third kappa shape index (κ3) is 5.78. The van der Waals surface area contributed by atoms with Crippen LogP contribution in [0.2, 0.25) is 0 Å². The zero-order chi connectivity index (χ0) is 17.0. The molecule has 0 fully saturated rings. The third-order valence-electron chi connectivity index (χ3n) is 3.23. The second kappa shape index (κ2) is 8.06. The fourth-order valence-electron chi connectivity index (χ4n) is 2.19. The summed E-state index contributed by atoms with van der Waals surface area (Å²) >= 11 is 0. The van der Waals surface area contributed by atoms with Gasteiger partial charge < -0.3 is 15.8 Å². The number of hydrogen-bond donors (Lipinski definition) is 2. The van der Waals surface area contributed by atoms with Crippen LogP contribution in [0, 0.1) is 6.92 Å². The molecule has 0 aliphatic rings. The minimum absolute atomic E-state index is 0. The van der Waals surface area contributed by atoms with Gasteiger partial charge in [-0.2, -0.15) is 0 Å². The van der Waals surface area contributed by atoms with Gasteiger partial charge in [-0.3, -0.25) is 4.79 Å². The molecule has 130 valence electrons. The Labute approximate surface area is 149 Å². The molecule has 0 heterocycles. The standard InChI is InChI=1S/C19H24N2O2.ClH/c1-13-8-9-15(17(10-13)23-19(2,3)4)12-21-18(22)14-6-5-7-16(20)11-14;/h5-11H,12,20H2,1-4H3,(H,21,22);1H. The molecule has 0 aromatic heterocycles. The van der Waals surface area contributed by atoms with Gasteiger partial charge in [0.05, 0.1) is 0 Å². The number of nitrogen functional groups attached to an aromatic ring is 1. The largest absolute Gasteiger partial charge is 0.488 e. The lowest BCUT2D eigenvalue weighted by atomic mass is 10.1. The minimum Gasteiger partial charge on any atom is -0.488 e. The smallest absolute Gasteiger partial charge is 0.251 e. The molecule has 24 heavy (non-hydrogen) atoms. The molecule has 5 heteroatoms. The molecule has 0 unspecified atom stereocenters. The van der Waals surface area contributed by atoms with Crippen molar-refractivity contribution in [2.24, 2.45) is 0 Å². The maximum Gasteiger partial charge on any atom is 0.251 e. The van der Waals surface area contributed by atoms with Crippen molar-refractivity contribution < 1.29 is 9.53 Å². The molecule has 2 rings (SSSR count). The molecule has 2 aromatic rings. The van der Waals surface area contributed by atoms with Crippen molar-refractivity contribution in [3.8, 4) is 5.75 Å². The number of anilines is 1. The van der Waals surface area contributed by atoms with Crippen LogP contribution in [0.3, 0.4) is 0 Å². The summed E-state index contributed by atoms with van der Waals surface area (Å²) in [6, 6.07) is 12.9. The summed E-state index contributed by atoms with van der Waals surface area (Å²) < 4.78 is 6.00. The van der Waals surface area contributed by atoms with E-state index in [1.165, 1.54) is 0 Å². The first-order valence-corrected chi connectivity index (χ1v) is 7.67. The Morgan fingerprint density at radius 1 is 1.17 bits per heavy atom. The van der Waals surface area contributed by atoms with Crippen LogP contribution in [0.1, 0.15) is 42.3 Å². The lowest BCUT2D eigenvalue weighted by molar-refractivity contribution is 0.0949. The predicted molar refractivity (Wildman–Crippen MR) is 101 cm³/mol. The van der Waals surface area contributed by atoms with E-state index in [4.69, 9.17) is 10.5 Å². The highest BCUT2D eigenvalue weighted by atomic mass is 35.5. The zero-order valence-electron chi connectivity index (χ0n) is 14.6. The molecule has 0 aliphatic heterocycles. The van der Waals surface area contributed by atoms with E-state index in [1.54, 1.807) is 24.3 Å². The highest BCUT2D eigenvalue weighted by Crippen LogP contribution is 2.24. The summed E-state index contributed by atoms with van der Waals surface area (Å²) in [5.74, 6) is 0.643. The van der Waals surface area contributed by atoms with E-state index in [-0.39, 0.29) is 23.9 Å². The number of aryl methyl sites for hydroxylation is 1. The van der Waals surface area contributed by atoms with E-state index in [2.05, 4.69) is 5.32 Å². The second-order valence-electron chi connectivity index (χ2n) is 6.63. The summed E-state index contributed by atoms with van der Waals surface area (Å²) in [5, 5.41) is 2.91. The van der Waals surface area contributed by atoms with Crippen LogP contribution in [0.15, 0.2) is 42.5 Å². The summed E-state index contributed by atoms with van der Waals surface area (Å²) in [6.45, 7) is 8.43.